The van der Waals surface area contributed by atoms with E-state index in [1.54, 1.807) is 6.33 Å². The molecule has 4 rings (SSSR count). The van der Waals surface area contributed by atoms with Crippen LogP contribution in [0.3, 0.4) is 0 Å². The average Bonchev–Trinajstić information content (AvgIpc) is 3.17. The van der Waals surface area contributed by atoms with Crippen LogP contribution < -0.4 is 4.90 Å². The Balaban J connectivity index is 1.60. The average molecular weight is 328 g/mol. The Hall–Kier alpha value is -2.55. The Kier molecular flexibility index (Phi) is 3.64. The number of hydrogen-bond donors (Lipinski definition) is 1. The van der Waals surface area contributed by atoms with Gasteiger partial charge in [-0.05, 0) is 12.8 Å². The molecule has 24 heavy (non-hydrogen) atoms. The maximum Gasteiger partial charge on any atom is 0.227 e. The molecule has 9 nitrogen and oxygen atoms in total. The number of hydrogen-bond acceptors (Lipinski definition) is 7. The molecule has 0 saturated carbocycles. The molecule has 126 valence electrons. The van der Waals surface area contributed by atoms with Crippen molar-refractivity contribution in [3.63, 3.8) is 0 Å². The van der Waals surface area contributed by atoms with E-state index in [-0.39, 0.29) is 12.5 Å². The predicted molar refractivity (Wildman–Crippen MR) is 87.4 cm³/mol. The van der Waals surface area contributed by atoms with E-state index >= 15 is 0 Å². The highest BCUT2D eigenvalue weighted by Gasteiger charge is 2.27. The van der Waals surface area contributed by atoms with Gasteiger partial charge in [-0.2, -0.15) is 4.98 Å². The quantitative estimate of drug-likeness (QED) is 0.741. The molecule has 0 amide bonds. The number of imidazole rings is 1. The van der Waals surface area contributed by atoms with E-state index in [2.05, 4.69) is 30.0 Å². The minimum atomic E-state index is -0.0978. The summed E-state index contributed by atoms with van der Waals surface area (Å²) in [5.74, 6) is 2.45. The van der Waals surface area contributed by atoms with Crippen LogP contribution in [0.5, 0.6) is 0 Å². The van der Waals surface area contributed by atoms with E-state index in [1.807, 2.05) is 29.4 Å². The van der Waals surface area contributed by atoms with Crippen molar-refractivity contribution in [1.29, 1.82) is 0 Å². The molecule has 0 radical (unpaired) electrons. The van der Waals surface area contributed by atoms with E-state index in [0.29, 0.717) is 17.4 Å². The molecule has 0 aliphatic carbocycles. The second-order valence-corrected chi connectivity index (χ2v) is 6.21. The molecule has 1 unspecified atom stereocenters. The lowest BCUT2D eigenvalue weighted by atomic mass is 9.97. The number of aliphatic hydroxyl groups excluding tert-OH is 1. The Morgan fingerprint density at radius 3 is 2.92 bits per heavy atom. The fourth-order valence-electron chi connectivity index (χ4n) is 3.30. The molecule has 1 aliphatic rings. The number of nitrogens with zero attached hydrogens (tertiary/aromatic N) is 8. The first-order valence-electron chi connectivity index (χ1n) is 8.05. The van der Waals surface area contributed by atoms with Gasteiger partial charge in [0.2, 0.25) is 5.95 Å². The normalized spacial score (nSPS) is 18.5. The minimum Gasteiger partial charge on any atom is -0.388 e. The van der Waals surface area contributed by atoms with E-state index in [0.717, 1.165) is 37.3 Å². The second kappa shape index (κ2) is 5.82. The third-order valence-electron chi connectivity index (χ3n) is 4.68. The Morgan fingerprint density at radius 2 is 2.12 bits per heavy atom. The Morgan fingerprint density at radius 1 is 1.25 bits per heavy atom. The number of aryl methyl sites for hydroxylation is 1. The first kappa shape index (κ1) is 15.0. The molecule has 4 heterocycles. The summed E-state index contributed by atoms with van der Waals surface area (Å²) in [6.07, 6.45) is 5.65. The molecular formula is C15H20N8O. The zero-order valence-electron chi connectivity index (χ0n) is 13.8. The SMILES string of the molecule is Cn1c(CO)nnc1C1CCCN(c2ncc3c(ncn3C)n2)C1. The van der Waals surface area contributed by atoms with Gasteiger partial charge < -0.3 is 19.1 Å². The molecule has 1 atom stereocenters. The van der Waals surface area contributed by atoms with Crippen molar-refractivity contribution >= 4 is 17.1 Å². The first-order chi connectivity index (χ1) is 11.7. The topological polar surface area (TPSA) is 97.8 Å². The third-order valence-corrected chi connectivity index (χ3v) is 4.68. The van der Waals surface area contributed by atoms with Crippen molar-refractivity contribution in [2.75, 3.05) is 18.0 Å². The summed E-state index contributed by atoms with van der Waals surface area (Å²) in [5, 5.41) is 17.6. The summed E-state index contributed by atoms with van der Waals surface area (Å²) in [6, 6.07) is 0. The van der Waals surface area contributed by atoms with Crippen LogP contribution in [0.25, 0.3) is 11.2 Å². The van der Waals surface area contributed by atoms with Gasteiger partial charge in [-0.15, -0.1) is 10.2 Å². The summed E-state index contributed by atoms with van der Waals surface area (Å²) in [7, 11) is 3.83. The Bertz CT molecular complexity index is 870. The fraction of sp³-hybridized carbons (Fsp3) is 0.533. The van der Waals surface area contributed by atoms with Crippen LogP contribution in [0.1, 0.15) is 30.4 Å². The smallest absolute Gasteiger partial charge is 0.227 e. The largest absolute Gasteiger partial charge is 0.388 e. The molecule has 3 aromatic heterocycles. The molecule has 0 bridgehead atoms. The summed E-state index contributed by atoms with van der Waals surface area (Å²) in [5.41, 5.74) is 1.64. The van der Waals surface area contributed by atoms with Crippen LogP contribution in [-0.4, -0.2) is 52.5 Å². The number of rotatable bonds is 3. The standard InChI is InChI=1S/C15H20N8O/c1-21-9-17-13-11(21)6-16-15(18-13)23-5-3-4-10(7-23)14-20-19-12(8-24)22(14)2/h6,9-10,24H,3-5,7-8H2,1-2H3. The highest BCUT2D eigenvalue weighted by Crippen LogP contribution is 2.28. The summed E-state index contributed by atoms with van der Waals surface area (Å²) < 4.78 is 3.80. The number of fused-ring (bicyclic) bond motifs is 1. The number of aliphatic hydroxyl groups is 1. The molecular weight excluding hydrogens is 308 g/mol. The molecule has 1 N–H and O–H groups in total. The summed E-state index contributed by atoms with van der Waals surface area (Å²) in [4.78, 5) is 15.6. The van der Waals surface area contributed by atoms with Crippen LogP contribution >= 0.6 is 0 Å². The van der Waals surface area contributed by atoms with E-state index in [9.17, 15) is 5.11 Å². The first-order valence-corrected chi connectivity index (χ1v) is 8.05. The monoisotopic (exact) mass is 328 g/mol. The van der Waals surface area contributed by atoms with Gasteiger partial charge in [0, 0.05) is 33.1 Å². The van der Waals surface area contributed by atoms with Crippen molar-refractivity contribution in [2.24, 2.45) is 14.1 Å². The lowest BCUT2D eigenvalue weighted by Crippen LogP contribution is -2.36. The van der Waals surface area contributed by atoms with Crippen LogP contribution in [0.15, 0.2) is 12.5 Å². The van der Waals surface area contributed by atoms with Gasteiger partial charge in [0.15, 0.2) is 11.5 Å². The van der Waals surface area contributed by atoms with Crippen LogP contribution in [-0.2, 0) is 20.7 Å². The van der Waals surface area contributed by atoms with Gasteiger partial charge in [0.1, 0.15) is 17.9 Å². The van der Waals surface area contributed by atoms with E-state index < -0.39 is 0 Å². The molecule has 9 heteroatoms. The third kappa shape index (κ3) is 2.41. The molecule has 0 spiro atoms. The van der Waals surface area contributed by atoms with Crippen LogP contribution in [0.4, 0.5) is 5.95 Å². The molecule has 0 aromatic carbocycles. The van der Waals surface area contributed by atoms with Gasteiger partial charge in [0.25, 0.3) is 0 Å². The van der Waals surface area contributed by atoms with Crippen molar-refractivity contribution in [3.8, 4) is 0 Å². The van der Waals surface area contributed by atoms with E-state index in [4.69, 9.17) is 0 Å². The van der Waals surface area contributed by atoms with Crippen molar-refractivity contribution in [3.05, 3.63) is 24.2 Å². The zero-order chi connectivity index (χ0) is 16.7. The van der Waals surface area contributed by atoms with Gasteiger partial charge in [-0.25, -0.2) is 9.97 Å². The highest BCUT2D eigenvalue weighted by molar-refractivity contribution is 5.70. The lowest BCUT2D eigenvalue weighted by Gasteiger charge is -2.32. The maximum absolute atomic E-state index is 9.30. The Labute approximate surface area is 139 Å². The number of piperidine rings is 1. The summed E-state index contributed by atoms with van der Waals surface area (Å²) in [6.45, 7) is 1.61. The van der Waals surface area contributed by atoms with Crippen molar-refractivity contribution < 1.29 is 5.11 Å². The molecule has 1 fully saturated rings. The van der Waals surface area contributed by atoms with Crippen molar-refractivity contribution in [1.82, 2.24) is 34.3 Å². The number of anilines is 1. The molecule has 1 saturated heterocycles. The zero-order valence-corrected chi connectivity index (χ0v) is 13.8. The predicted octanol–water partition coefficient (Wildman–Crippen LogP) is 0.368. The van der Waals surface area contributed by atoms with Gasteiger partial charge in [-0.1, -0.05) is 0 Å². The number of aromatic nitrogens is 7. The van der Waals surface area contributed by atoms with Crippen LogP contribution in [0.2, 0.25) is 0 Å². The van der Waals surface area contributed by atoms with Gasteiger partial charge in [0.05, 0.1) is 12.5 Å². The highest BCUT2D eigenvalue weighted by atomic mass is 16.3. The lowest BCUT2D eigenvalue weighted by molar-refractivity contribution is 0.266. The second-order valence-electron chi connectivity index (χ2n) is 6.21. The maximum atomic E-state index is 9.30. The van der Waals surface area contributed by atoms with Gasteiger partial charge in [-0.3, -0.25) is 0 Å². The van der Waals surface area contributed by atoms with Crippen molar-refractivity contribution in [2.45, 2.75) is 25.4 Å². The van der Waals surface area contributed by atoms with Gasteiger partial charge >= 0.3 is 0 Å². The minimum absolute atomic E-state index is 0.0978. The fourth-order valence-corrected chi connectivity index (χ4v) is 3.30. The molecule has 1 aliphatic heterocycles. The van der Waals surface area contributed by atoms with Crippen LogP contribution in [0, 0.1) is 0 Å². The molecule has 3 aromatic rings. The van der Waals surface area contributed by atoms with E-state index in [1.165, 1.54) is 0 Å². The summed E-state index contributed by atoms with van der Waals surface area (Å²) >= 11 is 0.